The maximum atomic E-state index is 12.5. The second kappa shape index (κ2) is 4.47. The van der Waals surface area contributed by atoms with Crippen LogP contribution in [0.25, 0.3) is 0 Å². The number of hydrogen-bond donors (Lipinski definition) is 1. The van der Waals surface area contributed by atoms with Crippen LogP contribution in [0.3, 0.4) is 0 Å². The Hall–Kier alpha value is -1.65. The Kier molecular flexibility index (Phi) is 3.47. The quantitative estimate of drug-likeness (QED) is 0.857. The first-order valence-corrected chi connectivity index (χ1v) is 4.64. The van der Waals surface area contributed by atoms with Gasteiger partial charge in [0.1, 0.15) is 5.70 Å². The van der Waals surface area contributed by atoms with Gasteiger partial charge in [0.2, 0.25) is 0 Å². The second-order valence-electron chi connectivity index (χ2n) is 3.27. The van der Waals surface area contributed by atoms with Gasteiger partial charge in [0.15, 0.2) is 0 Å². The number of halogens is 3. The van der Waals surface area contributed by atoms with Crippen molar-refractivity contribution in [3.8, 4) is 0 Å². The summed E-state index contributed by atoms with van der Waals surface area (Å²) in [4.78, 5) is 1.02. The van der Waals surface area contributed by atoms with Crippen molar-refractivity contribution in [3.05, 3.63) is 36.5 Å². The van der Waals surface area contributed by atoms with Crippen molar-refractivity contribution < 1.29 is 13.2 Å². The van der Waals surface area contributed by atoms with Gasteiger partial charge in [-0.05, 0) is 12.1 Å². The van der Waals surface area contributed by atoms with E-state index in [1.165, 1.54) is 7.05 Å². The van der Waals surface area contributed by atoms with Gasteiger partial charge in [-0.25, -0.2) is 0 Å². The molecule has 0 spiro atoms. The maximum absolute atomic E-state index is 12.5. The highest BCUT2D eigenvalue weighted by atomic mass is 19.4. The van der Waals surface area contributed by atoms with Gasteiger partial charge in [0, 0.05) is 14.1 Å². The van der Waals surface area contributed by atoms with Crippen LogP contribution in [-0.4, -0.2) is 20.3 Å². The van der Waals surface area contributed by atoms with Crippen molar-refractivity contribution >= 4 is 11.4 Å². The highest BCUT2D eigenvalue weighted by molar-refractivity contribution is 5.71. The molecule has 0 unspecified atom stereocenters. The van der Waals surface area contributed by atoms with Gasteiger partial charge >= 0.3 is 6.18 Å². The number of benzene rings is 1. The summed E-state index contributed by atoms with van der Waals surface area (Å²) < 4.78 is 37.4. The molecular weight excluding hydrogens is 217 g/mol. The van der Waals surface area contributed by atoms with Crippen molar-refractivity contribution in [2.45, 2.75) is 6.18 Å². The van der Waals surface area contributed by atoms with Crippen molar-refractivity contribution in [2.75, 3.05) is 24.3 Å². The average molecular weight is 230 g/mol. The lowest BCUT2D eigenvalue weighted by Gasteiger charge is -2.25. The molecule has 1 rings (SSSR count). The molecule has 5 heteroatoms. The van der Waals surface area contributed by atoms with Gasteiger partial charge in [-0.15, -0.1) is 0 Å². The van der Waals surface area contributed by atoms with E-state index in [4.69, 9.17) is 0 Å². The molecule has 0 atom stereocenters. The van der Waals surface area contributed by atoms with Crippen LogP contribution in [-0.2, 0) is 0 Å². The van der Waals surface area contributed by atoms with E-state index in [1.807, 2.05) is 0 Å². The maximum Gasteiger partial charge on any atom is 0.430 e. The van der Waals surface area contributed by atoms with Crippen molar-refractivity contribution in [2.24, 2.45) is 0 Å². The molecule has 0 aliphatic heterocycles. The Balaban J connectivity index is 3.05. The molecule has 0 saturated heterocycles. The van der Waals surface area contributed by atoms with Crippen molar-refractivity contribution in [1.82, 2.24) is 0 Å². The van der Waals surface area contributed by atoms with E-state index in [0.29, 0.717) is 11.4 Å². The third-order valence-electron chi connectivity index (χ3n) is 2.27. The van der Waals surface area contributed by atoms with Crippen molar-refractivity contribution in [3.63, 3.8) is 0 Å². The Bertz CT molecular complexity index is 385. The first-order valence-electron chi connectivity index (χ1n) is 4.64. The molecule has 0 heterocycles. The molecule has 0 saturated carbocycles. The number of nitrogens with zero attached hydrogens (tertiary/aromatic N) is 1. The summed E-state index contributed by atoms with van der Waals surface area (Å²) >= 11 is 0. The number of nitrogens with one attached hydrogen (secondary N) is 1. The predicted molar refractivity (Wildman–Crippen MR) is 59.6 cm³/mol. The SMILES string of the molecule is C=C(N(C)c1ccccc1NC)C(F)(F)F. The first kappa shape index (κ1) is 12.4. The summed E-state index contributed by atoms with van der Waals surface area (Å²) in [5.41, 5.74) is 0.165. The summed E-state index contributed by atoms with van der Waals surface area (Å²) in [6, 6.07) is 6.73. The third kappa shape index (κ3) is 2.48. The lowest BCUT2D eigenvalue weighted by atomic mass is 10.2. The number of rotatable bonds is 3. The third-order valence-corrected chi connectivity index (χ3v) is 2.27. The molecule has 0 aromatic heterocycles. The average Bonchev–Trinajstić information content (AvgIpc) is 2.25. The Morgan fingerprint density at radius 1 is 1.31 bits per heavy atom. The number of para-hydroxylation sites is 2. The summed E-state index contributed by atoms with van der Waals surface area (Å²) in [6.07, 6.45) is -4.42. The summed E-state index contributed by atoms with van der Waals surface area (Å²) in [6.45, 7) is 3.05. The van der Waals surface area contributed by atoms with Gasteiger partial charge in [0.25, 0.3) is 0 Å². The fourth-order valence-electron chi connectivity index (χ4n) is 1.31. The predicted octanol–water partition coefficient (Wildman–Crippen LogP) is 3.24. The van der Waals surface area contributed by atoms with Gasteiger partial charge in [-0.1, -0.05) is 18.7 Å². The second-order valence-corrected chi connectivity index (χ2v) is 3.27. The number of alkyl halides is 3. The minimum atomic E-state index is -4.42. The van der Waals surface area contributed by atoms with E-state index >= 15 is 0 Å². The van der Waals surface area contributed by atoms with Crippen LogP contribution in [0.2, 0.25) is 0 Å². The van der Waals surface area contributed by atoms with E-state index < -0.39 is 11.9 Å². The van der Waals surface area contributed by atoms with E-state index in [2.05, 4.69) is 11.9 Å². The van der Waals surface area contributed by atoms with Crippen LogP contribution in [0.4, 0.5) is 24.5 Å². The molecule has 0 radical (unpaired) electrons. The van der Waals surface area contributed by atoms with E-state index in [9.17, 15) is 13.2 Å². The van der Waals surface area contributed by atoms with Crippen LogP contribution in [0.15, 0.2) is 36.5 Å². The number of hydrogen-bond acceptors (Lipinski definition) is 2. The Labute approximate surface area is 92.4 Å². The topological polar surface area (TPSA) is 15.3 Å². The minimum Gasteiger partial charge on any atom is -0.386 e. The molecule has 16 heavy (non-hydrogen) atoms. The molecule has 0 aliphatic rings. The van der Waals surface area contributed by atoms with Crippen LogP contribution in [0.1, 0.15) is 0 Å². The molecule has 0 amide bonds. The lowest BCUT2D eigenvalue weighted by molar-refractivity contribution is -0.0925. The largest absolute Gasteiger partial charge is 0.430 e. The van der Waals surface area contributed by atoms with Gasteiger partial charge in [0.05, 0.1) is 11.4 Å². The molecular formula is C11H13F3N2. The Morgan fingerprint density at radius 2 is 1.88 bits per heavy atom. The van der Waals surface area contributed by atoms with E-state index in [1.54, 1.807) is 31.3 Å². The summed E-state index contributed by atoms with van der Waals surface area (Å²) in [7, 11) is 3.00. The molecule has 0 aliphatic carbocycles. The zero-order chi connectivity index (χ0) is 12.3. The number of allylic oxidation sites excluding steroid dienone is 1. The van der Waals surface area contributed by atoms with Crippen LogP contribution in [0.5, 0.6) is 0 Å². The number of anilines is 2. The van der Waals surface area contributed by atoms with Gasteiger partial charge < -0.3 is 10.2 Å². The molecule has 88 valence electrons. The van der Waals surface area contributed by atoms with E-state index in [-0.39, 0.29) is 0 Å². The van der Waals surface area contributed by atoms with Crippen LogP contribution >= 0.6 is 0 Å². The highest BCUT2D eigenvalue weighted by Gasteiger charge is 2.35. The standard InChI is InChI=1S/C11H13F3N2/c1-8(11(12,13)14)16(3)10-7-5-4-6-9(10)15-2/h4-7,15H,1H2,2-3H3. The molecule has 1 N–H and O–H groups in total. The normalized spacial score (nSPS) is 11.1. The summed E-state index contributed by atoms with van der Waals surface area (Å²) in [5, 5.41) is 2.83. The molecule has 0 fully saturated rings. The molecule has 0 bridgehead atoms. The fraction of sp³-hybridized carbons (Fsp3) is 0.273. The zero-order valence-electron chi connectivity index (χ0n) is 9.10. The fourth-order valence-corrected chi connectivity index (χ4v) is 1.31. The van der Waals surface area contributed by atoms with E-state index in [0.717, 1.165) is 4.90 Å². The van der Waals surface area contributed by atoms with Crippen LogP contribution in [0, 0.1) is 0 Å². The van der Waals surface area contributed by atoms with Gasteiger partial charge in [-0.2, -0.15) is 13.2 Å². The molecule has 2 nitrogen and oxygen atoms in total. The zero-order valence-corrected chi connectivity index (χ0v) is 9.10. The highest BCUT2D eigenvalue weighted by Crippen LogP contribution is 2.33. The molecule has 1 aromatic carbocycles. The lowest BCUT2D eigenvalue weighted by Crippen LogP contribution is -2.27. The Morgan fingerprint density at radius 3 is 2.38 bits per heavy atom. The minimum absolute atomic E-state index is 0.437. The van der Waals surface area contributed by atoms with Gasteiger partial charge in [-0.3, -0.25) is 0 Å². The monoisotopic (exact) mass is 230 g/mol. The molecule has 1 aromatic rings. The van der Waals surface area contributed by atoms with Crippen LogP contribution < -0.4 is 10.2 Å². The first-order chi connectivity index (χ1) is 7.38. The smallest absolute Gasteiger partial charge is 0.386 e. The van der Waals surface area contributed by atoms with Crippen molar-refractivity contribution in [1.29, 1.82) is 0 Å². The summed E-state index contributed by atoms with van der Waals surface area (Å²) in [5.74, 6) is 0.